The van der Waals surface area contributed by atoms with Crippen molar-refractivity contribution >= 4 is 11.4 Å². The van der Waals surface area contributed by atoms with Crippen molar-refractivity contribution in [1.29, 1.82) is 0 Å². The highest BCUT2D eigenvalue weighted by molar-refractivity contribution is 5.83. The fourth-order valence-electron chi connectivity index (χ4n) is 2.14. The third kappa shape index (κ3) is 3.29. The standard InChI is InChI=1S/C15H22N4O/c1-4-5-7-10(2)17-14-12(8-6-9-13(14)16)15-18-11(3)19-20-15/h6,8-10,17H,4-5,7,16H2,1-3H3/t10-/m0/s1. The molecule has 0 unspecified atom stereocenters. The van der Waals surface area contributed by atoms with Crippen molar-refractivity contribution in [2.24, 2.45) is 0 Å². The summed E-state index contributed by atoms with van der Waals surface area (Å²) in [6, 6.07) is 6.06. The van der Waals surface area contributed by atoms with Crippen molar-refractivity contribution in [3.05, 3.63) is 24.0 Å². The average Bonchev–Trinajstić information content (AvgIpc) is 2.85. The van der Waals surface area contributed by atoms with Gasteiger partial charge in [0.15, 0.2) is 5.82 Å². The lowest BCUT2D eigenvalue weighted by molar-refractivity contribution is 0.425. The van der Waals surface area contributed by atoms with Crippen LogP contribution in [0.25, 0.3) is 11.5 Å². The van der Waals surface area contributed by atoms with Gasteiger partial charge in [0, 0.05) is 6.04 Å². The maximum atomic E-state index is 6.09. The summed E-state index contributed by atoms with van der Waals surface area (Å²) >= 11 is 0. The molecule has 0 aliphatic carbocycles. The predicted molar refractivity (Wildman–Crippen MR) is 81.5 cm³/mol. The molecule has 108 valence electrons. The molecule has 20 heavy (non-hydrogen) atoms. The van der Waals surface area contributed by atoms with Crippen LogP contribution in [0.1, 0.15) is 38.9 Å². The summed E-state index contributed by atoms with van der Waals surface area (Å²) in [6.45, 7) is 6.15. The van der Waals surface area contributed by atoms with E-state index in [0.29, 0.717) is 23.4 Å². The fourth-order valence-corrected chi connectivity index (χ4v) is 2.14. The SMILES string of the molecule is CCCC[C@H](C)Nc1c(N)cccc1-c1nc(C)no1. The van der Waals surface area contributed by atoms with Crippen LogP contribution in [0.2, 0.25) is 0 Å². The summed E-state index contributed by atoms with van der Waals surface area (Å²) in [7, 11) is 0. The molecule has 0 saturated heterocycles. The summed E-state index contributed by atoms with van der Waals surface area (Å²) in [4.78, 5) is 4.28. The Balaban J connectivity index is 2.27. The molecule has 0 bridgehead atoms. The number of aryl methyl sites for hydroxylation is 1. The quantitative estimate of drug-likeness (QED) is 0.787. The molecule has 2 rings (SSSR count). The van der Waals surface area contributed by atoms with Crippen LogP contribution in [0.3, 0.4) is 0 Å². The molecular formula is C15H22N4O. The van der Waals surface area contributed by atoms with Gasteiger partial charge >= 0.3 is 0 Å². The number of benzene rings is 1. The molecule has 0 amide bonds. The summed E-state index contributed by atoms with van der Waals surface area (Å²) in [5.74, 6) is 1.12. The minimum Gasteiger partial charge on any atom is -0.397 e. The van der Waals surface area contributed by atoms with Crippen LogP contribution in [-0.4, -0.2) is 16.2 Å². The predicted octanol–water partition coefficient (Wildman–Crippen LogP) is 3.62. The van der Waals surface area contributed by atoms with Gasteiger partial charge in [-0.05, 0) is 32.4 Å². The molecule has 1 atom stereocenters. The lowest BCUT2D eigenvalue weighted by atomic mass is 10.1. The van der Waals surface area contributed by atoms with Gasteiger partial charge < -0.3 is 15.6 Å². The average molecular weight is 274 g/mol. The molecule has 2 aromatic rings. The number of nitrogens with zero attached hydrogens (tertiary/aromatic N) is 2. The molecule has 0 aliphatic rings. The van der Waals surface area contributed by atoms with Crippen molar-refractivity contribution in [2.45, 2.75) is 46.1 Å². The Bertz CT molecular complexity index is 565. The summed E-state index contributed by atoms with van der Waals surface area (Å²) in [5.41, 5.74) is 8.52. The first-order valence-electron chi connectivity index (χ1n) is 7.07. The van der Waals surface area contributed by atoms with E-state index in [2.05, 4.69) is 29.3 Å². The first-order chi connectivity index (χ1) is 9.61. The Morgan fingerprint density at radius 3 is 2.85 bits per heavy atom. The Morgan fingerprint density at radius 1 is 1.40 bits per heavy atom. The molecule has 1 heterocycles. The molecular weight excluding hydrogens is 252 g/mol. The number of nitrogen functional groups attached to an aromatic ring is 1. The van der Waals surface area contributed by atoms with Gasteiger partial charge in [0.05, 0.1) is 16.9 Å². The Hall–Kier alpha value is -2.04. The highest BCUT2D eigenvalue weighted by atomic mass is 16.5. The summed E-state index contributed by atoms with van der Waals surface area (Å²) < 4.78 is 5.25. The Kier molecular flexibility index (Phi) is 4.61. The van der Waals surface area contributed by atoms with Gasteiger partial charge in [-0.25, -0.2) is 0 Å². The van der Waals surface area contributed by atoms with Crippen molar-refractivity contribution in [3.8, 4) is 11.5 Å². The molecule has 0 aliphatic heterocycles. The van der Waals surface area contributed by atoms with Gasteiger partial charge in [0.2, 0.25) is 0 Å². The zero-order valence-electron chi connectivity index (χ0n) is 12.3. The van der Waals surface area contributed by atoms with Crippen molar-refractivity contribution in [2.75, 3.05) is 11.1 Å². The molecule has 0 fully saturated rings. The van der Waals surface area contributed by atoms with E-state index in [1.54, 1.807) is 6.92 Å². The molecule has 0 radical (unpaired) electrons. The van der Waals surface area contributed by atoms with Gasteiger partial charge in [-0.3, -0.25) is 0 Å². The molecule has 1 aromatic heterocycles. The van der Waals surface area contributed by atoms with Gasteiger partial charge in [-0.2, -0.15) is 4.98 Å². The largest absolute Gasteiger partial charge is 0.397 e. The molecule has 3 N–H and O–H groups in total. The van der Waals surface area contributed by atoms with Crippen LogP contribution in [0.5, 0.6) is 0 Å². The number of para-hydroxylation sites is 1. The monoisotopic (exact) mass is 274 g/mol. The van der Waals surface area contributed by atoms with E-state index in [-0.39, 0.29) is 0 Å². The van der Waals surface area contributed by atoms with Crippen LogP contribution in [0.4, 0.5) is 11.4 Å². The van der Waals surface area contributed by atoms with E-state index >= 15 is 0 Å². The smallest absolute Gasteiger partial charge is 0.260 e. The van der Waals surface area contributed by atoms with Crippen LogP contribution < -0.4 is 11.1 Å². The van der Waals surface area contributed by atoms with Gasteiger partial charge in [-0.1, -0.05) is 31.0 Å². The number of aromatic nitrogens is 2. The summed E-state index contributed by atoms with van der Waals surface area (Å²) in [5, 5.41) is 7.31. The minimum atomic E-state index is 0.349. The Labute approximate surface area is 119 Å². The lowest BCUT2D eigenvalue weighted by Gasteiger charge is -2.18. The van der Waals surface area contributed by atoms with Crippen molar-refractivity contribution in [1.82, 2.24) is 10.1 Å². The third-order valence-electron chi connectivity index (χ3n) is 3.24. The zero-order valence-corrected chi connectivity index (χ0v) is 12.3. The first-order valence-corrected chi connectivity index (χ1v) is 7.07. The normalized spacial score (nSPS) is 12.3. The van der Waals surface area contributed by atoms with Crippen LogP contribution >= 0.6 is 0 Å². The third-order valence-corrected chi connectivity index (χ3v) is 3.24. The van der Waals surface area contributed by atoms with Gasteiger partial charge in [0.1, 0.15) is 0 Å². The van der Waals surface area contributed by atoms with Gasteiger partial charge in [0.25, 0.3) is 5.89 Å². The molecule has 1 aromatic carbocycles. The highest BCUT2D eigenvalue weighted by Crippen LogP contribution is 2.32. The first kappa shape index (κ1) is 14.4. The number of unbranched alkanes of at least 4 members (excludes halogenated alkanes) is 1. The van der Waals surface area contributed by atoms with E-state index in [9.17, 15) is 0 Å². The van der Waals surface area contributed by atoms with E-state index in [4.69, 9.17) is 10.3 Å². The van der Waals surface area contributed by atoms with Gasteiger partial charge in [-0.15, -0.1) is 0 Å². The zero-order chi connectivity index (χ0) is 14.5. The van der Waals surface area contributed by atoms with Crippen LogP contribution in [0.15, 0.2) is 22.7 Å². The van der Waals surface area contributed by atoms with E-state index in [1.165, 1.54) is 12.8 Å². The lowest BCUT2D eigenvalue weighted by Crippen LogP contribution is -2.16. The maximum absolute atomic E-state index is 6.09. The highest BCUT2D eigenvalue weighted by Gasteiger charge is 2.15. The minimum absolute atomic E-state index is 0.349. The second-order valence-corrected chi connectivity index (χ2v) is 5.10. The fraction of sp³-hybridized carbons (Fsp3) is 0.467. The van der Waals surface area contributed by atoms with E-state index in [1.807, 2.05) is 18.2 Å². The van der Waals surface area contributed by atoms with Crippen molar-refractivity contribution in [3.63, 3.8) is 0 Å². The second kappa shape index (κ2) is 6.41. The topological polar surface area (TPSA) is 77.0 Å². The number of hydrogen-bond acceptors (Lipinski definition) is 5. The number of nitrogens with two attached hydrogens (primary N) is 1. The number of nitrogens with one attached hydrogen (secondary N) is 1. The molecule has 0 saturated carbocycles. The number of hydrogen-bond donors (Lipinski definition) is 2. The number of anilines is 2. The summed E-state index contributed by atoms with van der Waals surface area (Å²) in [6.07, 6.45) is 3.48. The molecule has 5 nitrogen and oxygen atoms in total. The molecule has 5 heteroatoms. The maximum Gasteiger partial charge on any atom is 0.260 e. The molecule has 0 spiro atoms. The van der Waals surface area contributed by atoms with Crippen LogP contribution in [0, 0.1) is 6.92 Å². The van der Waals surface area contributed by atoms with Crippen LogP contribution in [-0.2, 0) is 0 Å². The number of rotatable bonds is 6. The van der Waals surface area contributed by atoms with E-state index < -0.39 is 0 Å². The van der Waals surface area contributed by atoms with Crippen molar-refractivity contribution < 1.29 is 4.52 Å². The van der Waals surface area contributed by atoms with E-state index in [0.717, 1.165) is 17.7 Å². The Morgan fingerprint density at radius 2 is 2.20 bits per heavy atom. The second-order valence-electron chi connectivity index (χ2n) is 5.10.